The van der Waals surface area contributed by atoms with Crippen LogP contribution in [-0.2, 0) is 4.74 Å². The van der Waals surface area contributed by atoms with Crippen molar-refractivity contribution in [2.45, 2.75) is 31.7 Å². The number of morpholine rings is 1. The van der Waals surface area contributed by atoms with Gasteiger partial charge in [-0.1, -0.05) is 0 Å². The fraction of sp³-hybridized carbons (Fsp3) is 0.421. The number of hydrogen-bond donors (Lipinski definition) is 1. The Bertz CT molecular complexity index is 954. The predicted octanol–water partition coefficient (Wildman–Crippen LogP) is 3.26. The van der Waals surface area contributed by atoms with Crippen LogP contribution in [0.5, 0.6) is 0 Å². The highest BCUT2D eigenvalue weighted by Crippen LogP contribution is 2.45. The number of hydrogen-bond acceptors (Lipinski definition) is 5. The molecule has 1 saturated heterocycles. The number of aromatic nitrogens is 4. The van der Waals surface area contributed by atoms with Crippen molar-refractivity contribution < 1.29 is 9.13 Å². The Morgan fingerprint density at radius 1 is 1.35 bits per heavy atom. The van der Waals surface area contributed by atoms with Gasteiger partial charge in [-0.05, 0) is 43.4 Å². The number of pyridine rings is 2. The molecule has 7 heteroatoms. The molecule has 5 rings (SSSR count). The maximum absolute atomic E-state index is 14.7. The highest BCUT2D eigenvalue weighted by atomic mass is 19.1. The SMILES string of the molecule is C[C@@H]1COCCN1c1cc(C2CC2)c2c(F)cnc(-c3ccn[nH]3)c2n1. The van der Waals surface area contributed by atoms with Gasteiger partial charge >= 0.3 is 0 Å². The Kier molecular flexibility index (Phi) is 3.63. The summed E-state index contributed by atoms with van der Waals surface area (Å²) in [5.74, 6) is 0.977. The Hall–Kier alpha value is -2.54. The van der Waals surface area contributed by atoms with Gasteiger partial charge in [0.15, 0.2) is 5.82 Å². The number of nitrogens with zero attached hydrogens (tertiary/aromatic N) is 4. The van der Waals surface area contributed by atoms with Crippen LogP contribution in [-0.4, -0.2) is 46.0 Å². The quantitative estimate of drug-likeness (QED) is 0.783. The van der Waals surface area contributed by atoms with Crippen molar-refractivity contribution in [1.29, 1.82) is 0 Å². The molecule has 3 aromatic heterocycles. The van der Waals surface area contributed by atoms with Crippen LogP contribution < -0.4 is 4.90 Å². The van der Waals surface area contributed by atoms with Crippen molar-refractivity contribution in [3.63, 3.8) is 0 Å². The highest BCUT2D eigenvalue weighted by molar-refractivity contribution is 5.94. The molecule has 1 atom stereocenters. The standard InChI is InChI=1S/C19H20FN5O/c1-11-10-26-7-6-25(11)16-8-13(12-2-3-12)17-14(20)9-21-18(19(17)23-16)15-4-5-22-24-15/h4-5,8-9,11-12H,2-3,6-7,10H2,1H3,(H,22,24)/t11-/m1/s1. The summed E-state index contributed by atoms with van der Waals surface area (Å²) in [6.07, 6.45) is 5.15. The molecule has 1 aliphatic heterocycles. The van der Waals surface area contributed by atoms with Crippen molar-refractivity contribution in [3.8, 4) is 11.4 Å². The van der Waals surface area contributed by atoms with Gasteiger partial charge in [0, 0.05) is 18.1 Å². The summed E-state index contributed by atoms with van der Waals surface area (Å²) in [5, 5.41) is 7.53. The lowest BCUT2D eigenvalue weighted by atomic mass is 10.0. The average Bonchev–Trinajstić information content (AvgIpc) is 3.36. The number of rotatable bonds is 3. The lowest BCUT2D eigenvalue weighted by molar-refractivity contribution is 0.0985. The first-order valence-electron chi connectivity index (χ1n) is 9.05. The van der Waals surface area contributed by atoms with E-state index in [1.54, 1.807) is 6.20 Å². The van der Waals surface area contributed by atoms with E-state index in [-0.39, 0.29) is 11.9 Å². The third-order valence-corrected chi connectivity index (χ3v) is 5.24. The van der Waals surface area contributed by atoms with Gasteiger partial charge in [-0.2, -0.15) is 5.10 Å². The number of ether oxygens (including phenoxy) is 1. The van der Waals surface area contributed by atoms with Crippen molar-refractivity contribution in [2.75, 3.05) is 24.7 Å². The number of fused-ring (bicyclic) bond motifs is 1. The summed E-state index contributed by atoms with van der Waals surface area (Å²) in [4.78, 5) is 11.4. The third-order valence-electron chi connectivity index (χ3n) is 5.24. The maximum atomic E-state index is 14.7. The van der Waals surface area contributed by atoms with Crippen LogP contribution in [0.25, 0.3) is 22.3 Å². The number of halogens is 1. The molecule has 134 valence electrons. The van der Waals surface area contributed by atoms with Gasteiger partial charge < -0.3 is 9.64 Å². The zero-order valence-corrected chi connectivity index (χ0v) is 14.6. The highest BCUT2D eigenvalue weighted by Gasteiger charge is 2.30. The fourth-order valence-corrected chi connectivity index (χ4v) is 3.74. The van der Waals surface area contributed by atoms with Gasteiger partial charge in [0.05, 0.1) is 31.1 Å². The lowest BCUT2D eigenvalue weighted by Gasteiger charge is -2.34. The van der Waals surface area contributed by atoms with Crippen molar-refractivity contribution >= 4 is 16.7 Å². The molecule has 0 unspecified atom stereocenters. The minimum Gasteiger partial charge on any atom is -0.377 e. The molecule has 1 saturated carbocycles. The van der Waals surface area contributed by atoms with E-state index < -0.39 is 0 Å². The van der Waals surface area contributed by atoms with E-state index in [0.717, 1.165) is 36.5 Å². The maximum Gasteiger partial charge on any atom is 0.151 e. The molecule has 26 heavy (non-hydrogen) atoms. The Balaban J connectivity index is 1.76. The molecular formula is C19H20FN5O. The van der Waals surface area contributed by atoms with Gasteiger partial charge in [0.2, 0.25) is 0 Å². The van der Waals surface area contributed by atoms with Gasteiger partial charge in [0.1, 0.15) is 17.0 Å². The van der Waals surface area contributed by atoms with E-state index in [1.807, 2.05) is 6.07 Å². The van der Waals surface area contributed by atoms with E-state index in [9.17, 15) is 4.39 Å². The van der Waals surface area contributed by atoms with Gasteiger partial charge in [-0.15, -0.1) is 0 Å². The minimum absolute atomic E-state index is 0.234. The number of nitrogens with one attached hydrogen (secondary N) is 1. The predicted molar refractivity (Wildman–Crippen MR) is 96.7 cm³/mol. The summed E-state index contributed by atoms with van der Waals surface area (Å²) in [7, 11) is 0. The van der Waals surface area contributed by atoms with Crippen LogP contribution in [0.1, 0.15) is 31.2 Å². The van der Waals surface area contributed by atoms with Crippen LogP contribution >= 0.6 is 0 Å². The number of H-pyrrole nitrogens is 1. The van der Waals surface area contributed by atoms with Crippen LogP contribution in [0.3, 0.4) is 0 Å². The lowest BCUT2D eigenvalue weighted by Crippen LogP contribution is -2.44. The molecule has 1 N–H and O–H groups in total. The summed E-state index contributed by atoms with van der Waals surface area (Å²) < 4.78 is 20.3. The molecule has 6 nitrogen and oxygen atoms in total. The zero-order chi connectivity index (χ0) is 17.7. The molecule has 2 fully saturated rings. The second-order valence-electron chi connectivity index (χ2n) is 7.11. The second-order valence-corrected chi connectivity index (χ2v) is 7.11. The Labute approximate surface area is 150 Å². The number of anilines is 1. The number of aromatic amines is 1. The molecule has 3 aromatic rings. The molecule has 0 aromatic carbocycles. The van der Waals surface area contributed by atoms with Gasteiger partial charge in [-0.3, -0.25) is 5.10 Å². The molecule has 0 amide bonds. The molecule has 0 radical (unpaired) electrons. The molecule has 2 aliphatic rings. The monoisotopic (exact) mass is 353 g/mol. The fourth-order valence-electron chi connectivity index (χ4n) is 3.74. The van der Waals surface area contributed by atoms with Crippen molar-refractivity contribution in [1.82, 2.24) is 20.2 Å². The summed E-state index contributed by atoms with van der Waals surface area (Å²) in [5.41, 5.74) is 3.04. The zero-order valence-electron chi connectivity index (χ0n) is 14.6. The second kappa shape index (κ2) is 6.02. The first-order valence-corrected chi connectivity index (χ1v) is 9.05. The Morgan fingerprint density at radius 2 is 2.23 bits per heavy atom. The smallest absolute Gasteiger partial charge is 0.151 e. The van der Waals surface area contributed by atoms with Crippen LogP contribution in [0.4, 0.5) is 10.2 Å². The minimum atomic E-state index is -0.306. The van der Waals surface area contributed by atoms with E-state index in [0.29, 0.717) is 35.7 Å². The molecule has 1 aliphatic carbocycles. The van der Waals surface area contributed by atoms with Crippen molar-refractivity contribution in [2.24, 2.45) is 0 Å². The summed E-state index contributed by atoms with van der Waals surface area (Å²) in [6, 6.07) is 4.14. The average molecular weight is 353 g/mol. The Morgan fingerprint density at radius 3 is 2.96 bits per heavy atom. The third kappa shape index (κ3) is 2.54. The van der Waals surface area contributed by atoms with E-state index in [1.165, 1.54) is 6.20 Å². The van der Waals surface area contributed by atoms with Crippen molar-refractivity contribution in [3.05, 3.63) is 35.9 Å². The van der Waals surface area contributed by atoms with Crippen LogP contribution in [0.2, 0.25) is 0 Å². The normalized spacial score (nSPS) is 20.7. The van der Waals surface area contributed by atoms with Gasteiger partial charge in [0.25, 0.3) is 0 Å². The van der Waals surface area contributed by atoms with Crippen LogP contribution in [0, 0.1) is 5.82 Å². The summed E-state index contributed by atoms with van der Waals surface area (Å²) >= 11 is 0. The molecule has 4 heterocycles. The van der Waals surface area contributed by atoms with E-state index in [2.05, 4.69) is 33.1 Å². The van der Waals surface area contributed by atoms with Gasteiger partial charge in [-0.25, -0.2) is 14.4 Å². The molecule has 0 spiro atoms. The first-order chi connectivity index (χ1) is 12.7. The first kappa shape index (κ1) is 15.7. The molecule has 0 bridgehead atoms. The largest absolute Gasteiger partial charge is 0.377 e. The van der Waals surface area contributed by atoms with E-state index >= 15 is 0 Å². The van der Waals surface area contributed by atoms with E-state index in [4.69, 9.17) is 9.72 Å². The van der Waals surface area contributed by atoms with Crippen LogP contribution in [0.15, 0.2) is 24.5 Å². The molecular weight excluding hydrogens is 333 g/mol. The summed E-state index contributed by atoms with van der Waals surface area (Å²) in [6.45, 7) is 4.26. The topological polar surface area (TPSA) is 66.9 Å².